The average Bonchev–Trinajstić information content (AvgIpc) is 2.70. The monoisotopic (exact) mass is 253 g/mol. The normalized spacial score (nSPS) is 29.5. The number of rotatable bonds is 3. The number of hydrogen-bond acceptors (Lipinski definition) is 2. The number of halogens is 1. The molecule has 2 nitrogen and oxygen atoms in total. The molecule has 1 N–H and O–H groups in total. The van der Waals surface area contributed by atoms with Crippen LogP contribution in [0, 0.1) is 5.41 Å². The Morgan fingerprint density at radius 1 is 1.53 bits per heavy atom. The van der Waals surface area contributed by atoms with Crippen LogP contribution in [0.1, 0.15) is 39.5 Å². The van der Waals surface area contributed by atoms with Crippen LogP contribution in [0.5, 0.6) is 0 Å². The van der Waals surface area contributed by atoms with Crippen LogP contribution in [-0.4, -0.2) is 18.9 Å². The molecule has 1 heterocycles. The van der Waals surface area contributed by atoms with Crippen LogP contribution in [0.15, 0.2) is 22.3 Å². The summed E-state index contributed by atoms with van der Waals surface area (Å²) in [5.41, 5.74) is 2.65. The van der Waals surface area contributed by atoms with Crippen LogP contribution in [-0.2, 0) is 4.79 Å². The molecular weight excluding hydrogens is 234 g/mol. The number of nitrogens with one attached hydrogen (secondary N) is 1. The van der Waals surface area contributed by atoms with Crippen molar-refractivity contribution in [3.63, 3.8) is 0 Å². The number of ketones is 1. The van der Waals surface area contributed by atoms with Crippen molar-refractivity contribution < 1.29 is 4.79 Å². The van der Waals surface area contributed by atoms with Gasteiger partial charge in [-0.1, -0.05) is 23.3 Å². The van der Waals surface area contributed by atoms with Crippen LogP contribution < -0.4 is 5.32 Å². The topological polar surface area (TPSA) is 29.1 Å². The minimum atomic E-state index is 0.0602. The second kappa shape index (κ2) is 4.95. The lowest BCUT2D eigenvalue weighted by molar-refractivity contribution is -0.118. The Balaban J connectivity index is 2.29. The van der Waals surface area contributed by atoms with Crippen LogP contribution in [0.25, 0.3) is 0 Å². The Morgan fingerprint density at radius 2 is 2.29 bits per heavy atom. The van der Waals surface area contributed by atoms with Crippen LogP contribution in [0.4, 0.5) is 0 Å². The van der Waals surface area contributed by atoms with Gasteiger partial charge < -0.3 is 5.32 Å². The molecule has 2 aliphatic rings. The second-order valence-corrected chi connectivity index (χ2v) is 5.80. The van der Waals surface area contributed by atoms with Crippen molar-refractivity contribution in [2.24, 2.45) is 5.41 Å². The first-order valence-corrected chi connectivity index (χ1v) is 6.68. The molecule has 1 fully saturated rings. The molecule has 0 saturated carbocycles. The zero-order valence-electron chi connectivity index (χ0n) is 10.6. The highest BCUT2D eigenvalue weighted by molar-refractivity contribution is 6.30. The van der Waals surface area contributed by atoms with E-state index in [4.69, 9.17) is 11.6 Å². The van der Waals surface area contributed by atoms with E-state index in [1.165, 1.54) is 11.1 Å². The number of hydrogen-bond donors (Lipinski definition) is 1. The standard InChI is InChI=1S/C14H20ClNO/c1-10-7-12(3-4-13(10)15)14(8-11(2)17)5-6-16-9-14/h7,16H,3-6,8-9H2,1-2H3. The summed E-state index contributed by atoms with van der Waals surface area (Å²) in [5.74, 6) is 0.285. The highest BCUT2D eigenvalue weighted by atomic mass is 35.5. The van der Waals surface area contributed by atoms with Gasteiger partial charge in [0.2, 0.25) is 0 Å². The zero-order chi connectivity index (χ0) is 12.5. The molecular formula is C14H20ClNO. The Labute approximate surface area is 108 Å². The molecule has 2 rings (SSSR count). The molecule has 17 heavy (non-hydrogen) atoms. The van der Waals surface area contributed by atoms with Crippen LogP contribution in [0.3, 0.4) is 0 Å². The molecule has 0 aromatic rings. The molecule has 0 amide bonds. The Morgan fingerprint density at radius 3 is 2.82 bits per heavy atom. The van der Waals surface area contributed by atoms with E-state index in [-0.39, 0.29) is 11.2 Å². The molecule has 3 heteroatoms. The summed E-state index contributed by atoms with van der Waals surface area (Å²) in [6.45, 7) is 5.70. The Bertz CT molecular complexity index is 389. The molecule has 0 aromatic heterocycles. The maximum atomic E-state index is 11.5. The van der Waals surface area contributed by atoms with Gasteiger partial charge in [-0.3, -0.25) is 4.79 Å². The van der Waals surface area contributed by atoms with E-state index in [2.05, 4.69) is 18.3 Å². The Kier molecular flexibility index (Phi) is 3.74. The SMILES string of the molecule is CC(=O)CC1(C2=CC(C)=C(Cl)CC2)CCNC1. The van der Waals surface area contributed by atoms with E-state index in [9.17, 15) is 4.79 Å². The van der Waals surface area contributed by atoms with E-state index in [0.29, 0.717) is 6.42 Å². The van der Waals surface area contributed by atoms with Gasteiger partial charge in [-0.25, -0.2) is 0 Å². The molecule has 0 radical (unpaired) electrons. The van der Waals surface area contributed by atoms with Gasteiger partial charge >= 0.3 is 0 Å². The fourth-order valence-electron chi connectivity index (χ4n) is 3.03. The minimum Gasteiger partial charge on any atom is -0.316 e. The maximum Gasteiger partial charge on any atom is 0.130 e. The molecule has 1 saturated heterocycles. The molecule has 0 spiro atoms. The summed E-state index contributed by atoms with van der Waals surface area (Å²) in [4.78, 5) is 11.5. The van der Waals surface area contributed by atoms with Crippen LogP contribution in [0.2, 0.25) is 0 Å². The van der Waals surface area contributed by atoms with E-state index < -0.39 is 0 Å². The fraction of sp³-hybridized carbons (Fsp3) is 0.643. The van der Waals surface area contributed by atoms with Gasteiger partial charge in [0.15, 0.2) is 0 Å². The van der Waals surface area contributed by atoms with E-state index in [0.717, 1.165) is 37.4 Å². The quantitative estimate of drug-likeness (QED) is 0.837. The molecule has 1 aliphatic carbocycles. The number of Topliss-reactive ketones (excluding diaryl/α,β-unsaturated/α-hetero) is 1. The van der Waals surface area contributed by atoms with Crippen LogP contribution >= 0.6 is 11.6 Å². The molecule has 1 unspecified atom stereocenters. The van der Waals surface area contributed by atoms with Gasteiger partial charge in [0.05, 0.1) is 0 Å². The van der Waals surface area contributed by atoms with Crippen molar-refractivity contribution in [3.05, 3.63) is 22.3 Å². The fourth-order valence-corrected chi connectivity index (χ4v) is 3.18. The Hall–Kier alpha value is -0.600. The zero-order valence-corrected chi connectivity index (χ0v) is 11.4. The number of carbonyl (C=O) groups excluding carboxylic acids is 1. The van der Waals surface area contributed by atoms with Gasteiger partial charge in [0.25, 0.3) is 0 Å². The van der Waals surface area contributed by atoms with Crippen molar-refractivity contribution in [1.82, 2.24) is 5.32 Å². The van der Waals surface area contributed by atoms with Crippen molar-refractivity contribution in [3.8, 4) is 0 Å². The van der Waals surface area contributed by atoms with Crippen molar-refractivity contribution >= 4 is 17.4 Å². The third kappa shape index (κ3) is 2.63. The van der Waals surface area contributed by atoms with Gasteiger partial charge in [0.1, 0.15) is 5.78 Å². The summed E-state index contributed by atoms with van der Waals surface area (Å²) in [7, 11) is 0. The third-order valence-corrected chi connectivity index (χ3v) is 4.43. The molecule has 0 bridgehead atoms. The van der Waals surface area contributed by atoms with Gasteiger partial charge in [-0.05, 0) is 45.2 Å². The largest absolute Gasteiger partial charge is 0.316 e. The number of carbonyl (C=O) groups is 1. The number of allylic oxidation sites excluding steroid dienone is 3. The molecule has 0 aromatic carbocycles. The molecule has 94 valence electrons. The first-order chi connectivity index (χ1) is 8.03. The first-order valence-electron chi connectivity index (χ1n) is 6.30. The lowest BCUT2D eigenvalue weighted by Crippen LogP contribution is -2.29. The van der Waals surface area contributed by atoms with Crippen molar-refractivity contribution in [2.45, 2.75) is 39.5 Å². The summed E-state index contributed by atoms with van der Waals surface area (Å²) in [5, 5.41) is 4.37. The van der Waals surface area contributed by atoms with Crippen molar-refractivity contribution in [1.29, 1.82) is 0 Å². The van der Waals surface area contributed by atoms with Gasteiger partial charge in [-0.15, -0.1) is 0 Å². The molecule has 1 atom stereocenters. The van der Waals surface area contributed by atoms with Crippen molar-refractivity contribution in [2.75, 3.05) is 13.1 Å². The highest BCUT2D eigenvalue weighted by Crippen LogP contribution is 2.43. The third-order valence-electron chi connectivity index (χ3n) is 3.94. The molecule has 1 aliphatic heterocycles. The first kappa shape index (κ1) is 12.8. The predicted molar refractivity (Wildman–Crippen MR) is 71.1 cm³/mol. The van der Waals surface area contributed by atoms with E-state index in [1.807, 2.05) is 0 Å². The van der Waals surface area contributed by atoms with Gasteiger partial charge in [-0.2, -0.15) is 0 Å². The van der Waals surface area contributed by atoms with E-state index >= 15 is 0 Å². The predicted octanol–water partition coefficient (Wildman–Crippen LogP) is 3.18. The highest BCUT2D eigenvalue weighted by Gasteiger charge is 2.38. The lowest BCUT2D eigenvalue weighted by atomic mass is 9.72. The summed E-state index contributed by atoms with van der Waals surface area (Å²) < 4.78 is 0. The minimum absolute atomic E-state index is 0.0602. The second-order valence-electron chi connectivity index (χ2n) is 5.34. The average molecular weight is 254 g/mol. The maximum absolute atomic E-state index is 11.5. The smallest absolute Gasteiger partial charge is 0.130 e. The summed E-state index contributed by atoms with van der Waals surface area (Å²) in [6.07, 6.45) is 5.88. The summed E-state index contributed by atoms with van der Waals surface area (Å²) in [6, 6.07) is 0. The lowest BCUT2D eigenvalue weighted by Gasteiger charge is -2.32. The van der Waals surface area contributed by atoms with Gasteiger partial charge in [0, 0.05) is 23.4 Å². The summed E-state index contributed by atoms with van der Waals surface area (Å²) >= 11 is 6.14. The van der Waals surface area contributed by atoms with E-state index in [1.54, 1.807) is 6.92 Å².